The van der Waals surface area contributed by atoms with Crippen LogP contribution >= 0.6 is 12.2 Å². The number of carbonyl (C=O) groups excluding carboxylic acids is 1. The van der Waals surface area contributed by atoms with E-state index in [4.69, 9.17) is 26.4 Å². The van der Waals surface area contributed by atoms with E-state index in [0.29, 0.717) is 28.0 Å². The van der Waals surface area contributed by atoms with Gasteiger partial charge in [0.05, 0.1) is 20.3 Å². The molecule has 3 atom stereocenters. The molecule has 1 fully saturated rings. The quantitative estimate of drug-likeness (QED) is 0.498. The number of rotatable bonds is 5. The Morgan fingerprint density at radius 3 is 2.34 bits per heavy atom. The first kappa shape index (κ1) is 23.0. The molecule has 3 aromatic carbocycles. The molecule has 0 aliphatic carbocycles. The van der Waals surface area contributed by atoms with E-state index >= 15 is 0 Å². The van der Waals surface area contributed by atoms with Crippen LogP contribution in [0.4, 0.5) is 11.4 Å². The predicted octanol–water partition coefficient (Wildman–Crippen LogP) is 4.81. The fraction of sp³-hybridized carbons (Fsp3) is 0.259. The fourth-order valence-electron chi connectivity index (χ4n) is 4.87. The standard InChI is InChI=1S/C27H27N3O4S/c1-16-5-9-18(10-6-16)30-26(35)29-24-21-15-20(33-4)13-14-22(21)34-27(30,2)23(24)25(31)28-17-7-11-19(32-3)12-8-17/h5-15,23-24H,1-4H3,(H,28,31)(H,29,35)/t23-,24-,27+/m0/s1. The molecule has 0 saturated carbocycles. The van der Waals surface area contributed by atoms with Crippen LogP contribution in [0.1, 0.15) is 24.1 Å². The van der Waals surface area contributed by atoms with Gasteiger partial charge in [-0.2, -0.15) is 0 Å². The van der Waals surface area contributed by atoms with E-state index in [1.165, 1.54) is 0 Å². The van der Waals surface area contributed by atoms with Crippen molar-refractivity contribution in [1.82, 2.24) is 5.32 Å². The maximum absolute atomic E-state index is 13.9. The summed E-state index contributed by atoms with van der Waals surface area (Å²) in [6, 6.07) is 20.4. The minimum absolute atomic E-state index is 0.191. The summed E-state index contributed by atoms with van der Waals surface area (Å²) in [4.78, 5) is 15.8. The molecule has 35 heavy (non-hydrogen) atoms. The largest absolute Gasteiger partial charge is 0.497 e. The summed E-state index contributed by atoms with van der Waals surface area (Å²) in [6.07, 6.45) is 0. The lowest BCUT2D eigenvalue weighted by atomic mass is 9.78. The second-order valence-corrected chi connectivity index (χ2v) is 9.24. The molecule has 2 bridgehead atoms. The highest BCUT2D eigenvalue weighted by Crippen LogP contribution is 2.50. The average molecular weight is 490 g/mol. The monoisotopic (exact) mass is 489 g/mol. The molecule has 8 heteroatoms. The SMILES string of the molecule is COc1ccc(NC(=O)[C@@H]2[C@H]3NC(=S)N(c4ccc(C)cc4)[C@]2(C)Oc2ccc(OC)cc23)cc1. The first-order valence-corrected chi connectivity index (χ1v) is 11.7. The van der Waals surface area contributed by atoms with E-state index in [2.05, 4.69) is 10.6 Å². The molecule has 2 aliphatic heterocycles. The van der Waals surface area contributed by atoms with Crippen molar-refractivity contribution in [2.45, 2.75) is 25.6 Å². The van der Waals surface area contributed by atoms with Gasteiger partial charge in [-0.1, -0.05) is 17.7 Å². The van der Waals surface area contributed by atoms with E-state index in [-0.39, 0.29) is 5.91 Å². The van der Waals surface area contributed by atoms with Crippen LogP contribution in [0.2, 0.25) is 0 Å². The number of fused-ring (bicyclic) bond motifs is 4. The summed E-state index contributed by atoms with van der Waals surface area (Å²) < 4.78 is 17.3. The van der Waals surface area contributed by atoms with E-state index in [1.54, 1.807) is 14.2 Å². The number of benzene rings is 3. The molecule has 5 rings (SSSR count). The number of carbonyl (C=O) groups is 1. The molecular formula is C27H27N3O4S. The van der Waals surface area contributed by atoms with Gasteiger partial charge >= 0.3 is 0 Å². The van der Waals surface area contributed by atoms with E-state index < -0.39 is 17.7 Å². The van der Waals surface area contributed by atoms with E-state index in [1.807, 2.05) is 85.5 Å². The van der Waals surface area contributed by atoms with Crippen LogP contribution in [0.3, 0.4) is 0 Å². The van der Waals surface area contributed by atoms with Crippen molar-refractivity contribution >= 4 is 34.6 Å². The Kier molecular flexibility index (Phi) is 5.76. The molecule has 1 amide bonds. The first-order chi connectivity index (χ1) is 16.8. The van der Waals surface area contributed by atoms with Gasteiger partial charge in [0.25, 0.3) is 0 Å². The minimum atomic E-state index is -1.08. The van der Waals surface area contributed by atoms with Gasteiger partial charge in [-0.05, 0) is 80.7 Å². The molecular weight excluding hydrogens is 462 g/mol. The van der Waals surface area contributed by atoms with Gasteiger partial charge in [-0.3, -0.25) is 9.69 Å². The van der Waals surface area contributed by atoms with Crippen molar-refractivity contribution in [2.24, 2.45) is 5.92 Å². The molecule has 0 radical (unpaired) electrons. The van der Waals surface area contributed by atoms with Gasteiger partial charge in [0.15, 0.2) is 10.8 Å². The number of methoxy groups -OCH3 is 2. The zero-order valence-corrected chi connectivity index (χ0v) is 20.8. The topological polar surface area (TPSA) is 72.1 Å². The third kappa shape index (κ3) is 3.93. The number of aryl methyl sites for hydroxylation is 1. The average Bonchev–Trinajstić information content (AvgIpc) is 2.85. The van der Waals surface area contributed by atoms with Gasteiger partial charge in [0.2, 0.25) is 5.91 Å². The van der Waals surface area contributed by atoms with Gasteiger partial charge in [0.1, 0.15) is 23.2 Å². The fourth-order valence-corrected chi connectivity index (χ4v) is 5.28. The molecule has 3 aromatic rings. The van der Waals surface area contributed by atoms with Crippen molar-refractivity contribution in [3.05, 3.63) is 77.9 Å². The highest BCUT2D eigenvalue weighted by atomic mass is 32.1. The summed E-state index contributed by atoms with van der Waals surface area (Å²) in [5.74, 6) is 1.24. The summed E-state index contributed by atoms with van der Waals surface area (Å²) in [5, 5.41) is 6.97. The zero-order chi connectivity index (χ0) is 24.7. The Balaban J connectivity index is 1.60. The lowest BCUT2D eigenvalue weighted by Crippen LogP contribution is -2.72. The number of nitrogens with one attached hydrogen (secondary N) is 2. The number of ether oxygens (including phenoxy) is 3. The normalized spacial score (nSPS) is 22.4. The van der Waals surface area contributed by atoms with Crippen molar-refractivity contribution in [1.29, 1.82) is 0 Å². The number of hydrogen-bond donors (Lipinski definition) is 2. The van der Waals surface area contributed by atoms with Crippen LogP contribution in [-0.2, 0) is 4.79 Å². The summed E-state index contributed by atoms with van der Waals surface area (Å²) in [5.41, 5.74) is 2.37. The number of nitrogens with zero attached hydrogens (tertiary/aromatic N) is 1. The molecule has 0 unspecified atom stereocenters. The van der Waals surface area contributed by atoms with Crippen LogP contribution in [0.15, 0.2) is 66.7 Å². The first-order valence-electron chi connectivity index (χ1n) is 11.3. The summed E-state index contributed by atoms with van der Waals surface area (Å²) in [6.45, 7) is 3.94. The van der Waals surface area contributed by atoms with Crippen LogP contribution < -0.4 is 29.7 Å². The van der Waals surface area contributed by atoms with Crippen LogP contribution in [0.25, 0.3) is 0 Å². The van der Waals surface area contributed by atoms with E-state index in [9.17, 15) is 4.79 Å². The highest BCUT2D eigenvalue weighted by Gasteiger charge is 2.59. The summed E-state index contributed by atoms with van der Waals surface area (Å²) in [7, 11) is 3.22. The van der Waals surface area contributed by atoms with Gasteiger partial charge in [-0.15, -0.1) is 0 Å². The van der Waals surface area contributed by atoms with Crippen molar-refractivity contribution in [3.63, 3.8) is 0 Å². The molecule has 0 spiro atoms. The Hall–Kier alpha value is -3.78. The molecule has 180 valence electrons. The second kappa shape index (κ2) is 8.78. The highest BCUT2D eigenvalue weighted by molar-refractivity contribution is 7.80. The maximum Gasteiger partial charge on any atom is 0.236 e. The lowest BCUT2D eigenvalue weighted by Gasteiger charge is -2.56. The number of hydrogen-bond acceptors (Lipinski definition) is 5. The van der Waals surface area contributed by atoms with E-state index in [0.717, 1.165) is 16.8 Å². The minimum Gasteiger partial charge on any atom is -0.497 e. The van der Waals surface area contributed by atoms with Gasteiger partial charge < -0.3 is 24.8 Å². The van der Waals surface area contributed by atoms with Crippen molar-refractivity contribution in [3.8, 4) is 17.2 Å². The third-order valence-corrected chi connectivity index (χ3v) is 6.94. The molecule has 2 aliphatic rings. The second-order valence-electron chi connectivity index (χ2n) is 8.85. The number of thiocarbonyl (C=S) groups is 1. The zero-order valence-electron chi connectivity index (χ0n) is 20.0. The van der Waals surface area contributed by atoms with Crippen molar-refractivity contribution < 1.29 is 19.0 Å². The lowest BCUT2D eigenvalue weighted by molar-refractivity contribution is -0.130. The Labute approximate surface area is 210 Å². The molecule has 1 saturated heterocycles. The Morgan fingerprint density at radius 2 is 1.69 bits per heavy atom. The van der Waals surface area contributed by atoms with Gasteiger partial charge in [0, 0.05) is 16.9 Å². The summed E-state index contributed by atoms with van der Waals surface area (Å²) >= 11 is 5.81. The molecule has 7 nitrogen and oxygen atoms in total. The smallest absolute Gasteiger partial charge is 0.236 e. The van der Waals surface area contributed by atoms with Crippen LogP contribution in [-0.4, -0.2) is 31.0 Å². The molecule has 0 aromatic heterocycles. The Morgan fingerprint density at radius 1 is 1.03 bits per heavy atom. The van der Waals surface area contributed by atoms with Crippen LogP contribution in [0.5, 0.6) is 17.2 Å². The van der Waals surface area contributed by atoms with Crippen molar-refractivity contribution in [2.75, 3.05) is 24.4 Å². The number of anilines is 2. The predicted molar refractivity (Wildman–Crippen MR) is 139 cm³/mol. The van der Waals surface area contributed by atoms with Gasteiger partial charge in [-0.25, -0.2) is 0 Å². The number of amides is 1. The maximum atomic E-state index is 13.9. The third-order valence-electron chi connectivity index (χ3n) is 6.64. The Bertz CT molecular complexity index is 1280. The van der Waals surface area contributed by atoms with Crippen LogP contribution in [0, 0.1) is 12.8 Å². The molecule has 2 N–H and O–H groups in total. The molecule has 2 heterocycles.